The van der Waals surface area contributed by atoms with Gasteiger partial charge in [0.25, 0.3) is 0 Å². The molecule has 60 valence electrons. The Kier molecular flexibility index (Phi) is 1.46. The molecule has 0 aromatic carbocycles. The topological polar surface area (TPSA) is 49.3 Å². The molecule has 0 spiro atoms. The maximum atomic E-state index is 10.5. The zero-order chi connectivity index (χ0) is 7.84. The number of nitrogens with one attached hydrogen (secondary N) is 1. The number of fused-ring (bicyclic) bond motifs is 1. The molecule has 2 N–H and O–H groups in total. The summed E-state index contributed by atoms with van der Waals surface area (Å²) in [7, 11) is 0. The second kappa shape index (κ2) is 2.34. The van der Waals surface area contributed by atoms with Gasteiger partial charge in [0.1, 0.15) is 6.04 Å². The van der Waals surface area contributed by atoms with Gasteiger partial charge in [-0.2, -0.15) is 0 Å². The van der Waals surface area contributed by atoms with E-state index in [0.29, 0.717) is 12.0 Å². The number of rotatable bonds is 1. The Morgan fingerprint density at radius 2 is 2.45 bits per heavy atom. The van der Waals surface area contributed by atoms with Crippen LogP contribution in [0.15, 0.2) is 12.2 Å². The average molecular weight is 153 g/mol. The van der Waals surface area contributed by atoms with Gasteiger partial charge in [-0.15, -0.1) is 0 Å². The molecule has 3 atom stereocenters. The van der Waals surface area contributed by atoms with Gasteiger partial charge in [-0.05, 0) is 18.8 Å². The van der Waals surface area contributed by atoms with Crippen molar-refractivity contribution in [3.63, 3.8) is 0 Å². The third kappa shape index (κ3) is 1.05. The lowest BCUT2D eigenvalue weighted by Crippen LogP contribution is -2.34. The largest absolute Gasteiger partial charge is 0.480 e. The van der Waals surface area contributed by atoms with E-state index in [1.807, 2.05) is 0 Å². The predicted molar refractivity (Wildman–Crippen MR) is 40.2 cm³/mol. The number of hydrogen-bond donors (Lipinski definition) is 2. The smallest absolute Gasteiger partial charge is 0.320 e. The first-order chi connectivity index (χ1) is 5.27. The van der Waals surface area contributed by atoms with E-state index < -0.39 is 5.97 Å². The predicted octanol–water partition coefficient (Wildman–Crippen LogP) is 0.378. The minimum Gasteiger partial charge on any atom is -0.480 e. The van der Waals surface area contributed by atoms with Crippen molar-refractivity contribution >= 4 is 5.97 Å². The summed E-state index contributed by atoms with van der Waals surface area (Å²) >= 11 is 0. The first kappa shape index (κ1) is 6.85. The van der Waals surface area contributed by atoms with E-state index in [-0.39, 0.29) is 6.04 Å². The van der Waals surface area contributed by atoms with Crippen LogP contribution in [-0.4, -0.2) is 23.2 Å². The van der Waals surface area contributed by atoms with Crippen LogP contribution in [0, 0.1) is 5.92 Å². The Labute approximate surface area is 65.1 Å². The van der Waals surface area contributed by atoms with Gasteiger partial charge >= 0.3 is 5.97 Å². The molecule has 0 unspecified atom stereocenters. The molecule has 0 bridgehead atoms. The molecular formula is C8H11NO2. The van der Waals surface area contributed by atoms with Crippen LogP contribution >= 0.6 is 0 Å². The van der Waals surface area contributed by atoms with Crippen LogP contribution in [0.3, 0.4) is 0 Å². The molecule has 11 heavy (non-hydrogen) atoms. The molecule has 1 aliphatic heterocycles. The lowest BCUT2D eigenvalue weighted by Gasteiger charge is -2.05. The number of carbonyl (C=O) groups is 1. The van der Waals surface area contributed by atoms with Crippen LogP contribution in [0.25, 0.3) is 0 Å². The van der Waals surface area contributed by atoms with Crippen molar-refractivity contribution in [2.24, 2.45) is 5.92 Å². The fourth-order valence-corrected chi connectivity index (χ4v) is 1.91. The van der Waals surface area contributed by atoms with Crippen molar-refractivity contribution in [2.75, 3.05) is 0 Å². The van der Waals surface area contributed by atoms with Crippen LogP contribution in [0.1, 0.15) is 12.8 Å². The zero-order valence-corrected chi connectivity index (χ0v) is 6.16. The molecule has 0 amide bonds. The second-order valence-corrected chi connectivity index (χ2v) is 3.24. The van der Waals surface area contributed by atoms with Crippen molar-refractivity contribution in [2.45, 2.75) is 24.9 Å². The van der Waals surface area contributed by atoms with Gasteiger partial charge in [0.15, 0.2) is 0 Å². The molecule has 2 rings (SSSR count). The van der Waals surface area contributed by atoms with E-state index >= 15 is 0 Å². The molecule has 1 aliphatic carbocycles. The Morgan fingerprint density at radius 1 is 1.64 bits per heavy atom. The van der Waals surface area contributed by atoms with Crippen molar-refractivity contribution < 1.29 is 9.90 Å². The van der Waals surface area contributed by atoms with Gasteiger partial charge in [-0.25, -0.2) is 0 Å². The van der Waals surface area contributed by atoms with E-state index in [0.717, 1.165) is 12.8 Å². The molecule has 0 aromatic heterocycles. The van der Waals surface area contributed by atoms with Crippen molar-refractivity contribution in [1.29, 1.82) is 0 Å². The van der Waals surface area contributed by atoms with Crippen molar-refractivity contribution in [1.82, 2.24) is 5.32 Å². The Bertz CT molecular complexity index is 212. The first-order valence-corrected chi connectivity index (χ1v) is 3.93. The summed E-state index contributed by atoms with van der Waals surface area (Å²) in [5.74, 6) is -0.177. The van der Waals surface area contributed by atoms with Crippen LogP contribution in [0.5, 0.6) is 0 Å². The van der Waals surface area contributed by atoms with Gasteiger partial charge in [-0.3, -0.25) is 10.1 Å². The van der Waals surface area contributed by atoms with E-state index in [4.69, 9.17) is 5.11 Å². The van der Waals surface area contributed by atoms with Crippen LogP contribution in [0.4, 0.5) is 0 Å². The van der Waals surface area contributed by atoms with E-state index in [2.05, 4.69) is 17.5 Å². The van der Waals surface area contributed by atoms with Gasteiger partial charge in [0, 0.05) is 6.04 Å². The lowest BCUT2D eigenvalue weighted by molar-refractivity contribution is -0.139. The van der Waals surface area contributed by atoms with Crippen LogP contribution in [-0.2, 0) is 4.79 Å². The number of aliphatic carboxylic acids is 1. The summed E-state index contributed by atoms with van der Waals surface area (Å²) in [4.78, 5) is 10.5. The fraction of sp³-hybridized carbons (Fsp3) is 0.625. The molecule has 0 aromatic rings. The third-order valence-electron chi connectivity index (χ3n) is 2.52. The first-order valence-electron chi connectivity index (χ1n) is 3.93. The minimum atomic E-state index is -0.715. The van der Waals surface area contributed by atoms with Crippen LogP contribution in [0.2, 0.25) is 0 Å². The maximum Gasteiger partial charge on any atom is 0.320 e. The summed E-state index contributed by atoms with van der Waals surface area (Å²) in [6, 6.07) is 0.0195. The highest BCUT2D eigenvalue weighted by Gasteiger charge is 2.37. The summed E-state index contributed by atoms with van der Waals surface area (Å²) in [6.45, 7) is 0. The molecule has 0 radical (unpaired) electrons. The summed E-state index contributed by atoms with van der Waals surface area (Å²) in [5.41, 5.74) is 0. The van der Waals surface area contributed by atoms with E-state index in [9.17, 15) is 4.79 Å². The summed E-state index contributed by atoms with van der Waals surface area (Å²) < 4.78 is 0. The number of hydrogen-bond acceptors (Lipinski definition) is 2. The van der Waals surface area contributed by atoms with Gasteiger partial charge in [0.2, 0.25) is 0 Å². The Morgan fingerprint density at radius 3 is 3.09 bits per heavy atom. The van der Waals surface area contributed by atoms with Crippen molar-refractivity contribution in [3.8, 4) is 0 Å². The molecule has 3 heteroatoms. The molecule has 1 heterocycles. The summed E-state index contributed by atoms with van der Waals surface area (Å²) in [5, 5.41) is 11.7. The molecule has 1 saturated heterocycles. The van der Waals surface area contributed by atoms with Gasteiger partial charge in [-0.1, -0.05) is 12.2 Å². The lowest BCUT2D eigenvalue weighted by atomic mass is 10.0. The fourth-order valence-electron chi connectivity index (χ4n) is 1.91. The van der Waals surface area contributed by atoms with E-state index in [1.165, 1.54) is 0 Å². The normalized spacial score (nSPS) is 40.9. The average Bonchev–Trinajstić information content (AvgIpc) is 2.40. The van der Waals surface area contributed by atoms with E-state index in [1.54, 1.807) is 0 Å². The minimum absolute atomic E-state index is 0.310. The number of carboxylic acids is 1. The zero-order valence-electron chi connectivity index (χ0n) is 6.16. The molecular weight excluding hydrogens is 142 g/mol. The standard InChI is InChI=1S/C8H11NO2/c10-8(11)7-4-5-2-1-3-6(5)9-7/h1,3,5-7,9H,2,4H2,(H,10,11)/t5-,6-,7+/m1/s1. The van der Waals surface area contributed by atoms with Gasteiger partial charge in [0.05, 0.1) is 0 Å². The Balaban J connectivity index is 2.04. The SMILES string of the molecule is O=C(O)[C@@H]1C[C@H]2CC=C[C@H]2N1. The number of allylic oxidation sites excluding steroid dienone is 1. The van der Waals surface area contributed by atoms with Crippen LogP contribution < -0.4 is 5.32 Å². The molecule has 1 fully saturated rings. The third-order valence-corrected chi connectivity index (χ3v) is 2.52. The quantitative estimate of drug-likeness (QED) is 0.535. The van der Waals surface area contributed by atoms with Gasteiger partial charge < -0.3 is 5.11 Å². The number of carboxylic acid groups (broad SMARTS) is 1. The molecule has 0 saturated carbocycles. The monoisotopic (exact) mass is 153 g/mol. The molecule has 2 aliphatic rings. The highest BCUT2D eigenvalue weighted by Crippen LogP contribution is 2.29. The molecule has 3 nitrogen and oxygen atoms in total. The second-order valence-electron chi connectivity index (χ2n) is 3.24. The maximum absolute atomic E-state index is 10.5. The highest BCUT2D eigenvalue weighted by atomic mass is 16.4. The highest BCUT2D eigenvalue weighted by molar-refractivity contribution is 5.74. The summed E-state index contributed by atoms with van der Waals surface area (Å²) in [6.07, 6.45) is 6.03. The van der Waals surface area contributed by atoms with Crippen molar-refractivity contribution in [3.05, 3.63) is 12.2 Å². The Hall–Kier alpha value is -0.830.